The van der Waals surface area contributed by atoms with Crippen molar-refractivity contribution in [3.63, 3.8) is 0 Å². The second kappa shape index (κ2) is 7.56. The lowest BCUT2D eigenvalue weighted by Crippen LogP contribution is -2.63. The van der Waals surface area contributed by atoms with Crippen LogP contribution in [0, 0.1) is 5.92 Å². The Balaban J connectivity index is 1.71. The summed E-state index contributed by atoms with van der Waals surface area (Å²) >= 11 is 0. The molecule has 1 aliphatic rings. The smallest absolute Gasteiger partial charge is 0.316 e. The van der Waals surface area contributed by atoms with Crippen molar-refractivity contribution in [2.75, 3.05) is 6.54 Å². The van der Waals surface area contributed by atoms with E-state index in [2.05, 4.69) is 20.8 Å². The van der Waals surface area contributed by atoms with Crippen LogP contribution in [0.5, 0.6) is 0 Å². The van der Waals surface area contributed by atoms with E-state index < -0.39 is 23.3 Å². The number of aromatic nitrogens is 2. The summed E-state index contributed by atoms with van der Waals surface area (Å²) in [5, 5.41) is 8.97. The van der Waals surface area contributed by atoms with Gasteiger partial charge in [0.2, 0.25) is 17.6 Å². The molecule has 1 unspecified atom stereocenters. The molecule has 27 heavy (non-hydrogen) atoms. The lowest BCUT2D eigenvalue weighted by atomic mass is 9.91. The summed E-state index contributed by atoms with van der Waals surface area (Å²) in [6.07, 6.45) is 2.31. The Morgan fingerprint density at radius 2 is 1.96 bits per heavy atom. The number of hydrogen-bond acceptors (Lipinski definition) is 6. The van der Waals surface area contributed by atoms with Gasteiger partial charge in [-0.1, -0.05) is 48.3 Å². The Morgan fingerprint density at radius 3 is 2.56 bits per heavy atom. The van der Waals surface area contributed by atoms with E-state index in [4.69, 9.17) is 10.3 Å². The fraction of sp³-hybridized carbons (Fsp3) is 0.389. The van der Waals surface area contributed by atoms with E-state index in [0.29, 0.717) is 17.9 Å². The normalized spacial score (nSPS) is 15.6. The molecule has 1 aromatic carbocycles. The molecule has 3 rings (SSSR count). The van der Waals surface area contributed by atoms with Gasteiger partial charge in [0.05, 0.1) is 6.54 Å². The van der Waals surface area contributed by atoms with Gasteiger partial charge in [-0.3, -0.25) is 14.4 Å². The summed E-state index contributed by atoms with van der Waals surface area (Å²) in [5.74, 6) is -1.39. The minimum atomic E-state index is -1.34. The average Bonchev–Trinajstić information content (AvgIpc) is 3.31. The zero-order chi connectivity index (χ0) is 19.4. The summed E-state index contributed by atoms with van der Waals surface area (Å²) in [7, 11) is 0. The van der Waals surface area contributed by atoms with E-state index in [1.807, 2.05) is 18.2 Å². The zero-order valence-corrected chi connectivity index (χ0v) is 14.9. The number of hydrogen-bond donors (Lipinski definition) is 3. The summed E-state index contributed by atoms with van der Waals surface area (Å²) in [4.78, 5) is 40.1. The van der Waals surface area contributed by atoms with Gasteiger partial charge < -0.3 is 20.9 Å². The minimum absolute atomic E-state index is 0.152. The maximum Gasteiger partial charge on any atom is 0.316 e. The quantitative estimate of drug-likeness (QED) is 0.621. The molecule has 0 saturated heterocycles. The molecule has 0 aliphatic heterocycles. The first-order valence-corrected chi connectivity index (χ1v) is 8.65. The Labute approximate surface area is 155 Å². The summed E-state index contributed by atoms with van der Waals surface area (Å²) in [5.41, 5.74) is 4.91. The van der Waals surface area contributed by atoms with Crippen LogP contribution in [0.3, 0.4) is 0 Å². The van der Waals surface area contributed by atoms with Crippen LogP contribution in [-0.2, 0) is 9.59 Å². The minimum Gasteiger partial charge on any atom is -0.368 e. The van der Waals surface area contributed by atoms with Crippen molar-refractivity contribution in [3.05, 3.63) is 36.2 Å². The van der Waals surface area contributed by atoms with E-state index >= 15 is 0 Å². The van der Waals surface area contributed by atoms with Crippen molar-refractivity contribution in [1.82, 2.24) is 20.8 Å². The van der Waals surface area contributed by atoms with Crippen LogP contribution < -0.4 is 16.4 Å². The van der Waals surface area contributed by atoms with Gasteiger partial charge >= 0.3 is 11.8 Å². The number of amides is 3. The topological polar surface area (TPSA) is 140 Å². The lowest BCUT2D eigenvalue weighted by molar-refractivity contribution is -0.131. The van der Waals surface area contributed by atoms with Gasteiger partial charge in [0.25, 0.3) is 0 Å². The number of benzene rings is 1. The van der Waals surface area contributed by atoms with E-state index in [0.717, 1.165) is 12.8 Å². The van der Waals surface area contributed by atoms with E-state index in [9.17, 15) is 14.4 Å². The molecule has 3 amide bonds. The highest BCUT2D eigenvalue weighted by atomic mass is 16.5. The molecule has 1 atom stereocenters. The zero-order valence-electron chi connectivity index (χ0n) is 14.9. The molecule has 9 nitrogen and oxygen atoms in total. The molecule has 1 aliphatic carbocycles. The van der Waals surface area contributed by atoms with Crippen molar-refractivity contribution < 1.29 is 18.9 Å². The van der Waals surface area contributed by atoms with Gasteiger partial charge in [-0.2, -0.15) is 4.98 Å². The van der Waals surface area contributed by atoms with Gasteiger partial charge in [0, 0.05) is 12.5 Å². The highest BCUT2D eigenvalue weighted by molar-refractivity contribution is 5.93. The molecule has 4 N–H and O–H groups in total. The summed E-state index contributed by atoms with van der Waals surface area (Å²) in [6.45, 7) is 1.15. The molecule has 1 saturated carbocycles. The van der Waals surface area contributed by atoms with E-state index in [1.165, 1.54) is 6.92 Å². The van der Waals surface area contributed by atoms with Crippen LogP contribution in [-0.4, -0.2) is 39.9 Å². The lowest BCUT2D eigenvalue weighted by Gasteiger charge is -2.31. The van der Waals surface area contributed by atoms with Gasteiger partial charge in [0.1, 0.15) is 5.54 Å². The first kappa shape index (κ1) is 18.6. The molecule has 142 valence electrons. The monoisotopic (exact) mass is 371 g/mol. The fourth-order valence-corrected chi connectivity index (χ4v) is 2.90. The van der Waals surface area contributed by atoms with Crippen LogP contribution in [0.2, 0.25) is 0 Å². The second-order valence-corrected chi connectivity index (χ2v) is 6.75. The molecule has 0 radical (unpaired) electrons. The highest BCUT2D eigenvalue weighted by Gasteiger charge is 2.43. The molecule has 1 aromatic heterocycles. The number of nitrogens with zero attached hydrogens (tertiary/aromatic N) is 2. The molecule has 0 bridgehead atoms. The van der Waals surface area contributed by atoms with Crippen LogP contribution in [0.4, 0.5) is 0 Å². The number of carbonyl (C=O) groups is 3. The molecule has 1 fully saturated rings. The van der Waals surface area contributed by atoms with Gasteiger partial charge in [-0.05, 0) is 12.3 Å². The Morgan fingerprint density at radius 1 is 1.26 bits per heavy atom. The molecular weight excluding hydrogens is 350 g/mol. The third-order valence-electron chi connectivity index (χ3n) is 4.42. The first-order valence-electron chi connectivity index (χ1n) is 8.65. The predicted molar refractivity (Wildman–Crippen MR) is 95.2 cm³/mol. The Kier molecular flexibility index (Phi) is 5.20. The number of rotatable bonds is 8. The largest absolute Gasteiger partial charge is 0.368 e. The maximum absolute atomic E-state index is 12.4. The van der Waals surface area contributed by atoms with Crippen LogP contribution in [0.15, 0.2) is 34.9 Å². The van der Waals surface area contributed by atoms with Crippen LogP contribution in [0.25, 0.3) is 11.4 Å². The maximum atomic E-state index is 12.4. The number of nitrogens with one attached hydrogen (secondary N) is 2. The number of carbonyl (C=O) groups excluding carboxylic acids is 3. The van der Waals surface area contributed by atoms with Crippen molar-refractivity contribution in [3.8, 4) is 11.4 Å². The standard InChI is InChI=1S/C18H21N5O4/c1-11(24)22-18(17(19)26,9-12-7-8-12)10-20-15(25)16-21-14(23-27-16)13-5-3-2-4-6-13/h2-6,12H,7-10H2,1H3,(H2,19,26)(H,20,25)(H,22,24). The first-order chi connectivity index (χ1) is 12.9. The highest BCUT2D eigenvalue weighted by Crippen LogP contribution is 2.36. The van der Waals surface area contributed by atoms with Crippen molar-refractivity contribution in [2.24, 2.45) is 11.7 Å². The second-order valence-electron chi connectivity index (χ2n) is 6.75. The fourth-order valence-electron chi connectivity index (χ4n) is 2.90. The average molecular weight is 371 g/mol. The van der Waals surface area contributed by atoms with Crippen LogP contribution in [0.1, 0.15) is 36.9 Å². The predicted octanol–water partition coefficient (Wildman–Crippen LogP) is 0.627. The Hall–Kier alpha value is -3.23. The summed E-state index contributed by atoms with van der Waals surface area (Å²) < 4.78 is 5.00. The van der Waals surface area contributed by atoms with Gasteiger partial charge in [-0.25, -0.2) is 0 Å². The Bertz CT molecular complexity index is 846. The summed E-state index contributed by atoms with van der Waals surface area (Å²) in [6, 6.07) is 9.06. The van der Waals surface area contributed by atoms with Crippen molar-refractivity contribution in [1.29, 1.82) is 0 Å². The van der Waals surface area contributed by atoms with Gasteiger partial charge in [-0.15, -0.1) is 0 Å². The van der Waals surface area contributed by atoms with Crippen molar-refractivity contribution in [2.45, 2.75) is 31.7 Å². The van der Waals surface area contributed by atoms with E-state index in [-0.39, 0.29) is 18.3 Å². The SMILES string of the molecule is CC(=O)NC(CNC(=O)c1nc(-c2ccccc2)no1)(CC1CC1)C(N)=O. The molecule has 1 heterocycles. The van der Waals surface area contributed by atoms with Crippen molar-refractivity contribution >= 4 is 17.7 Å². The van der Waals surface area contributed by atoms with E-state index in [1.54, 1.807) is 12.1 Å². The van der Waals surface area contributed by atoms with Crippen LogP contribution >= 0.6 is 0 Å². The van der Waals surface area contributed by atoms with Gasteiger partial charge in [0.15, 0.2) is 0 Å². The molecule has 2 aromatic rings. The molecular formula is C18H21N5O4. The third kappa shape index (κ3) is 4.49. The number of primary amides is 1. The molecule has 9 heteroatoms. The molecule has 0 spiro atoms. The number of nitrogens with two attached hydrogens (primary N) is 1. The third-order valence-corrected chi connectivity index (χ3v) is 4.42.